The van der Waals surface area contributed by atoms with E-state index in [1.807, 2.05) is 6.20 Å². The Bertz CT molecular complexity index is 667. The molecule has 2 heterocycles. The second-order valence-electron chi connectivity index (χ2n) is 7.55. The molecule has 1 aromatic heterocycles. The van der Waals surface area contributed by atoms with Crippen molar-refractivity contribution < 1.29 is 0 Å². The van der Waals surface area contributed by atoms with E-state index in [-0.39, 0.29) is 0 Å². The molecule has 128 valence electrons. The number of hydrogen-bond acceptors (Lipinski definition) is 3. The molecule has 1 saturated heterocycles. The van der Waals surface area contributed by atoms with Crippen LogP contribution in [0.2, 0.25) is 0 Å². The highest BCUT2D eigenvalue weighted by Crippen LogP contribution is 2.28. The van der Waals surface area contributed by atoms with Gasteiger partial charge in [0.05, 0.1) is 6.54 Å². The molecule has 2 aliphatic rings. The van der Waals surface area contributed by atoms with Crippen LogP contribution in [0.5, 0.6) is 0 Å². The predicted octanol–water partition coefficient (Wildman–Crippen LogP) is 2.78. The maximum atomic E-state index is 4.46. The number of nitrogens with one attached hydrogen (secondary N) is 1. The number of nitrogens with zero attached hydrogens (tertiary/aromatic N) is 3. The van der Waals surface area contributed by atoms with Crippen molar-refractivity contribution in [2.75, 3.05) is 20.1 Å². The summed E-state index contributed by atoms with van der Waals surface area (Å²) < 4.78 is 0. The predicted molar refractivity (Wildman–Crippen MR) is 97.0 cm³/mol. The summed E-state index contributed by atoms with van der Waals surface area (Å²) in [5, 5.41) is 0. The maximum Gasteiger partial charge on any atom is 0.120 e. The Hall–Kier alpha value is -1.65. The molecule has 4 heteroatoms. The zero-order valence-corrected chi connectivity index (χ0v) is 14.8. The van der Waals surface area contributed by atoms with E-state index in [1.165, 1.54) is 38.8 Å². The largest absolute Gasteiger partial charge is 0.345 e. The molecule has 2 aromatic rings. The van der Waals surface area contributed by atoms with Crippen LogP contribution in [0.4, 0.5) is 0 Å². The van der Waals surface area contributed by atoms with Crippen LogP contribution in [0.3, 0.4) is 0 Å². The first-order valence-electron chi connectivity index (χ1n) is 9.20. The molecule has 0 unspecified atom stereocenters. The summed E-state index contributed by atoms with van der Waals surface area (Å²) in [4.78, 5) is 13.0. The lowest BCUT2D eigenvalue weighted by Gasteiger charge is -2.40. The van der Waals surface area contributed by atoms with Crippen molar-refractivity contribution in [2.45, 2.75) is 51.2 Å². The number of aromatic amines is 1. The Balaban J connectivity index is 1.37. The van der Waals surface area contributed by atoms with Crippen LogP contribution >= 0.6 is 0 Å². The number of piperidine rings is 1. The number of imidazole rings is 1. The number of aryl methyl sites for hydroxylation is 1. The molecular formula is C20H28N4. The summed E-state index contributed by atoms with van der Waals surface area (Å²) in [5.74, 6) is 1.08. The van der Waals surface area contributed by atoms with Crippen molar-refractivity contribution in [1.82, 2.24) is 19.8 Å². The molecule has 1 N–H and O–H groups in total. The first-order valence-corrected chi connectivity index (χ1v) is 9.20. The van der Waals surface area contributed by atoms with E-state index in [1.54, 1.807) is 11.1 Å². The summed E-state index contributed by atoms with van der Waals surface area (Å²) in [7, 11) is 2.25. The Labute approximate surface area is 144 Å². The summed E-state index contributed by atoms with van der Waals surface area (Å²) >= 11 is 0. The van der Waals surface area contributed by atoms with E-state index in [9.17, 15) is 0 Å². The van der Waals surface area contributed by atoms with Gasteiger partial charge in [0, 0.05) is 30.5 Å². The van der Waals surface area contributed by atoms with Gasteiger partial charge in [-0.3, -0.25) is 9.80 Å². The second kappa shape index (κ2) is 6.69. The minimum Gasteiger partial charge on any atom is -0.345 e. The molecule has 4 nitrogen and oxygen atoms in total. The van der Waals surface area contributed by atoms with Crippen LogP contribution in [0, 0.1) is 6.92 Å². The lowest BCUT2D eigenvalue weighted by Crippen LogP contribution is -2.50. The van der Waals surface area contributed by atoms with E-state index in [4.69, 9.17) is 0 Å². The topological polar surface area (TPSA) is 35.2 Å². The lowest BCUT2D eigenvalue weighted by atomic mass is 10.0. The van der Waals surface area contributed by atoms with E-state index < -0.39 is 0 Å². The lowest BCUT2D eigenvalue weighted by molar-refractivity contribution is 0.0824. The van der Waals surface area contributed by atoms with Crippen LogP contribution in [-0.2, 0) is 19.4 Å². The van der Waals surface area contributed by atoms with Crippen molar-refractivity contribution in [3.8, 4) is 0 Å². The van der Waals surface area contributed by atoms with E-state index in [2.05, 4.69) is 58.0 Å². The molecule has 1 atom stereocenters. The average Bonchev–Trinajstić information content (AvgIpc) is 3.21. The molecule has 1 aliphatic heterocycles. The number of likely N-dealkylation sites (tertiary alicyclic amines) is 1. The van der Waals surface area contributed by atoms with Gasteiger partial charge in [0.15, 0.2) is 0 Å². The first-order chi connectivity index (χ1) is 11.7. The fraction of sp³-hybridized carbons (Fsp3) is 0.550. The Morgan fingerprint density at radius 3 is 2.67 bits per heavy atom. The Morgan fingerprint density at radius 1 is 1.25 bits per heavy atom. The van der Waals surface area contributed by atoms with Crippen LogP contribution in [0.15, 0.2) is 30.5 Å². The van der Waals surface area contributed by atoms with E-state index >= 15 is 0 Å². The second-order valence-corrected chi connectivity index (χ2v) is 7.55. The highest BCUT2D eigenvalue weighted by molar-refractivity contribution is 5.33. The smallest absolute Gasteiger partial charge is 0.120 e. The number of rotatable bonds is 4. The standard InChI is InChI=1S/C20H28N4/c1-15-12-21-20(22-15)14-23(2)18-8-5-9-24(13-18)19-10-16-6-3-4-7-17(16)11-19/h3-4,6-7,12,18-19H,5,8-11,13-14H2,1-2H3,(H,21,22)/t18-/m1/s1. The van der Waals surface area contributed by atoms with E-state index in [0.29, 0.717) is 12.1 Å². The summed E-state index contributed by atoms with van der Waals surface area (Å²) in [6, 6.07) is 10.3. The van der Waals surface area contributed by atoms with Gasteiger partial charge >= 0.3 is 0 Å². The number of hydrogen-bond donors (Lipinski definition) is 1. The molecule has 24 heavy (non-hydrogen) atoms. The van der Waals surface area contributed by atoms with Crippen molar-refractivity contribution in [3.05, 3.63) is 53.1 Å². The molecule has 1 aliphatic carbocycles. The van der Waals surface area contributed by atoms with Crippen molar-refractivity contribution >= 4 is 0 Å². The minimum atomic E-state index is 0.632. The minimum absolute atomic E-state index is 0.632. The zero-order valence-electron chi connectivity index (χ0n) is 14.8. The Morgan fingerprint density at radius 2 is 2.00 bits per heavy atom. The first kappa shape index (κ1) is 15.9. The number of likely N-dealkylation sites (N-methyl/N-ethyl adjacent to an activating group) is 1. The number of H-pyrrole nitrogens is 1. The highest BCUT2D eigenvalue weighted by atomic mass is 15.2. The fourth-order valence-corrected chi connectivity index (χ4v) is 4.38. The van der Waals surface area contributed by atoms with Gasteiger partial charge in [-0.15, -0.1) is 0 Å². The van der Waals surface area contributed by atoms with Gasteiger partial charge in [-0.2, -0.15) is 0 Å². The maximum absolute atomic E-state index is 4.46. The Kier molecular flexibility index (Phi) is 4.42. The summed E-state index contributed by atoms with van der Waals surface area (Å²) in [5.41, 5.74) is 4.26. The SMILES string of the molecule is Cc1cnc(CN(C)[C@@H]2CCCN(C3Cc4ccccc4C3)C2)[nH]1. The molecule has 1 aromatic carbocycles. The van der Waals surface area contributed by atoms with Gasteiger partial charge in [-0.25, -0.2) is 4.98 Å². The van der Waals surface area contributed by atoms with Gasteiger partial charge in [0.2, 0.25) is 0 Å². The van der Waals surface area contributed by atoms with Gasteiger partial charge in [0.25, 0.3) is 0 Å². The summed E-state index contributed by atoms with van der Waals surface area (Å²) in [6.07, 6.45) is 6.98. The van der Waals surface area contributed by atoms with Gasteiger partial charge in [-0.05, 0) is 57.3 Å². The quantitative estimate of drug-likeness (QED) is 0.939. The van der Waals surface area contributed by atoms with Crippen molar-refractivity contribution in [1.29, 1.82) is 0 Å². The third-order valence-corrected chi connectivity index (χ3v) is 5.75. The zero-order chi connectivity index (χ0) is 16.5. The third-order valence-electron chi connectivity index (χ3n) is 5.75. The molecule has 1 fully saturated rings. The van der Waals surface area contributed by atoms with Crippen LogP contribution in [-0.4, -0.2) is 52.0 Å². The molecular weight excluding hydrogens is 296 g/mol. The number of fused-ring (bicyclic) bond motifs is 1. The van der Waals surface area contributed by atoms with Crippen LogP contribution < -0.4 is 0 Å². The summed E-state index contributed by atoms with van der Waals surface area (Å²) in [6.45, 7) is 5.42. The molecule has 0 spiro atoms. The van der Waals surface area contributed by atoms with Gasteiger partial charge in [0.1, 0.15) is 5.82 Å². The molecule has 0 bridgehead atoms. The monoisotopic (exact) mass is 324 g/mol. The third kappa shape index (κ3) is 3.26. The molecule has 4 rings (SSSR count). The van der Waals surface area contributed by atoms with Gasteiger partial charge < -0.3 is 4.98 Å². The number of benzene rings is 1. The normalized spacial score (nSPS) is 22.2. The average molecular weight is 324 g/mol. The van der Waals surface area contributed by atoms with Crippen molar-refractivity contribution in [3.63, 3.8) is 0 Å². The highest BCUT2D eigenvalue weighted by Gasteiger charge is 2.31. The number of aromatic nitrogens is 2. The van der Waals surface area contributed by atoms with Crippen molar-refractivity contribution in [2.24, 2.45) is 0 Å². The molecule has 0 saturated carbocycles. The van der Waals surface area contributed by atoms with Crippen LogP contribution in [0.25, 0.3) is 0 Å². The van der Waals surface area contributed by atoms with Crippen LogP contribution in [0.1, 0.15) is 35.5 Å². The fourth-order valence-electron chi connectivity index (χ4n) is 4.38. The molecule has 0 radical (unpaired) electrons. The van der Waals surface area contributed by atoms with Gasteiger partial charge in [-0.1, -0.05) is 24.3 Å². The molecule has 0 amide bonds. The van der Waals surface area contributed by atoms with E-state index in [0.717, 1.165) is 18.1 Å².